The van der Waals surface area contributed by atoms with E-state index in [1.54, 1.807) is 0 Å². The molecule has 4 nitrogen and oxygen atoms in total. The van der Waals surface area contributed by atoms with Crippen LogP contribution in [0.5, 0.6) is 0 Å². The third kappa shape index (κ3) is 3.05. The fraction of sp³-hybridized carbons (Fsp3) is 0.417. The molecule has 1 aromatic carbocycles. The van der Waals surface area contributed by atoms with Crippen molar-refractivity contribution in [3.8, 4) is 0 Å². The molecule has 0 aromatic heterocycles. The molecule has 0 bridgehead atoms. The molecule has 0 radical (unpaired) electrons. The van der Waals surface area contributed by atoms with E-state index >= 15 is 0 Å². The largest absolute Gasteiger partial charge is 0.471 e. The van der Waals surface area contributed by atoms with Crippen molar-refractivity contribution in [3.05, 3.63) is 29.1 Å². The van der Waals surface area contributed by atoms with Crippen molar-refractivity contribution in [3.63, 3.8) is 0 Å². The van der Waals surface area contributed by atoms with E-state index in [2.05, 4.69) is 0 Å². The van der Waals surface area contributed by atoms with E-state index in [-0.39, 0.29) is 29.1 Å². The number of carbonyl (C=O) groups excluding carboxylic acids is 1. The molecule has 0 aliphatic carbocycles. The lowest BCUT2D eigenvalue weighted by Gasteiger charge is -2.40. The Morgan fingerprint density at radius 2 is 1.86 bits per heavy atom. The number of likely N-dealkylation sites (tertiary alicyclic amines) is 1. The first-order chi connectivity index (χ1) is 9.93. The monoisotopic (exact) mass is 359 g/mol. The molecule has 122 valence electrons. The third-order valence-corrected chi connectivity index (χ3v) is 4.87. The maximum atomic E-state index is 13.6. The van der Waals surface area contributed by atoms with Crippen LogP contribution in [0, 0.1) is 12.7 Å². The summed E-state index contributed by atoms with van der Waals surface area (Å²) in [6, 6.07) is 1.89. The normalized spacial score (nSPS) is 16.5. The molecule has 1 aliphatic heterocycles. The van der Waals surface area contributed by atoms with E-state index in [0.29, 0.717) is 4.90 Å². The van der Waals surface area contributed by atoms with E-state index in [1.807, 2.05) is 0 Å². The highest BCUT2D eigenvalue weighted by Gasteiger charge is 2.47. The SMILES string of the molecule is Cc1c(F)ccc(S(=O)(=O)Cl)c1C1CN(C(=O)C(F)(F)F)C1. The highest BCUT2D eigenvalue weighted by atomic mass is 35.7. The number of hydrogen-bond donors (Lipinski definition) is 0. The Morgan fingerprint density at radius 1 is 1.32 bits per heavy atom. The van der Waals surface area contributed by atoms with Crippen LogP contribution in [0.15, 0.2) is 17.0 Å². The van der Waals surface area contributed by atoms with Crippen molar-refractivity contribution in [1.29, 1.82) is 0 Å². The standard InChI is InChI=1S/C12H10ClF4NO3S/c1-6-8(14)2-3-9(22(13,20)21)10(6)7-4-18(5-7)11(19)12(15,16)17/h2-3,7H,4-5H2,1H3. The Balaban J connectivity index is 2.33. The summed E-state index contributed by atoms with van der Waals surface area (Å²) in [5.74, 6) is -3.42. The smallest absolute Gasteiger partial charge is 0.334 e. The molecule has 1 fully saturated rings. The van der Waals surface area contributed by atoms with Gasteiger partial charge in [-0.05, 0) is 30.2 Å². The molecule has 1 heterocycles. The second kappa shape index (κ2) is 5.38. The van der Waals surface area contributed by atoms with Crippen LogP contribution < -0.4 is 0 Å². The second-order valence-corrected chi connectivity index (χ2v) is 7.46. The lowest BCUT2D eigenvalue weighted by atomic mass is 9.88. The molecular formula is C12H10ClF4NO3S. The van der Waals surface area contributed by atoms with Crippen LogP contribution in [0.3, 0.4) is 0 Å². The number of nitrogens with zero attached hydrogens (tertiary/aromatic N) is 1. The Labute approximate surface area is 128 Å². The zero-order valence-electron chi connectivity index (χ0n) is 11.1. The molecule has 1 amide bonds. The summed E-state index contributed by atoms with van der Waals surface area (Å²) >= 11 is 0. The van der Waals surface area contributed by atoms with Gasteiger partial charge < -0.3 is 4.90 Å². The molecule has 1 saturated heterocycles. The van der Waals surface area contributed by atoms with Crippen LogP contribution in [0.4, 0.5) is 17.6 Å². The predicted octanol–water partition coefficient (Wildman–Crippen LogP) is 2.55. The van der Waals surface area contributed by atoms with Crippen molar-refractivity contribution in [2.45, 2.75) is 23.9 Å². The summed E-state index contributed by atoms with van der Waals surface area (Å²) in [4.78, 5) is 11.2. The summed E-state index contributed by atoms with van der Waals surface area (Å²) in [5.41, 5.74) is 0.00653. The summed E-state index contributed by atoms with van der Waals surface area (Å²) < 4.78 is 73.5. The van der Waals surface area contributed by atoms with Gasteiger partial charge in [0.15, 0.2) is 0 Å². The second-order valence-electron chi connectivity index (χ2n) is 4.93. The molecule has 0 unspecified atom stereocenters. The molecule has 0 atom stereocenters. The van der Waals surface area contributed by atoms with Crippen LogP contribution in [0.1, 0.15) is 17.0 Å². The van der Waals surface area contributed by atoms with Gasteiger partial charge in [0.2, 0.25) is 0 Å². The number of hydrogen-bond acceptors (Lipinski definition) is 3. The average Bonchev–Trinajstić information content (AvgIpc) is 2.29. The van der Waals surface area contributed by atoms with Gasteiger partial charge in [0.05, 0.1) is 4.90 Å². The Morgan fingerprint density at radius 3 is 2.32 bits per heavy atom. The first-order valence-corrected chi connectivity index (χ1v) is 8.33. The first kappa shape index (κ1) is 17.0. The molecule has 0 saturated carbocycles. The van der Waals surface area contributed by atoms with Crippen LogP contribution in [0.2, 0.25) is 0 Å². The molecule has 0 N–H and O–H groups in total. The van der Waals surface area contributed by atoms with Gasteiger partial charge in [-0.1, -0.05) is 0 Å². The average molecular weight is 360 g/mol. The molecule has 1 aliphatic rings. The number of halogens is 5. The van der Waals surface area contributed by atoms with Gasteiger partial charge in [0.1, 0.15) is 5.82 Å². The van der Waals surface area contributed by atoms with Gasteiger partial charge in [-0.15, -0.1) is 0 Å². The zero-order chi connectivity index (χ0) is 16.9. The van der Waals surface area contributed by atoms with Gasteiger partial charge >= 0.3 is 12.1 Å². The summed E-state index contributed by atoms with van der Waals surface area (Å²) in [6.07, 6.45) is -5.00. The van der Waals surface area contributed by atoms with Crippen LogP contribution >= 0.6 is 10.7 Å². The van der Waals surface area contributed by atoms with Crippen LogP contribution in [0.25, 0.3) is 0 Å². The Kier molecular flexibility index (Phi) is 4.16. The third-order valence-electron chi connectivity index (χ3n) is 3.49. The lowest BCUT2D eigenvalue weighted by Crippen LogP contribution is -2.53. The zero-order valence-corrected chi connectivity index (χ0v) is 12.7. The number of benzene rings is 1. The number of alkyl halides is 3. The van der Waals surface area contributed by atoms with Crippen molar-refractivity contribution in [2.75, 3.05) is 13.1 Å². The predicted molar refractivity (Wildman–Crippen MR) is 69.6 cm³/mol. The highest BCUT2D eigenvalue weighted by molar-refractivity contribution is 8.13. The van der Waals surface area contributed by atoms with Crippen molar-refractivity contribution >= 4 is 25.6 Å². The molecule has 22 heavy (non-hydrogen) atoms. The first-order valence-electron chi connectivity index (χ1n) is 6.02. The minimum Gasteiger partial charge on any atom is -0.334 e. The quantitative estimate of drug-likeness (QED) is 0.602. The van der Waals surface area contributed by atoms with Gasteiger partial charge in [-0.25, -0.2) is 12.8 Å². The summed E-state index contributed by atoms with van der Waals surface area (Å²) in [5, 5.41) is 0. The van der Waals surface area contributed by atoms with E-state index in [0.717, 1.165) is 12.1 Å². The fourth-order valence-corrected chi connectivity index (χ4v) is 3.62. The fourth-order valence-electron chi connectivity index (χ4n) is 2.40. The van der Waals surface area contributed by atoms with Gasteiger partial charge in [-0.2, -0.15) is 13.2 Å². The van der Waals surface area contributed by atoms with E-state index in [1.165, 1.54) is 6.92 Å². The van der Waals surface area contributed by atoms with Gasteiger partial charge in [0, 0.05) is 29.7 Å². The summed E-state index contributed by atoms with van der Waals surface area (Å²) in [6.45, 7) is 0.620. The number of amides is 1. The topological polar surface area (TPSA) is 54.5 Å². The molecule has 0 spiro atoms. The Hall–Kier alpha value is -1.35. The van der Waals surface area contributed by atoms with Crippen LogP contribution in [-0.4, -0.2) is 38.5 Å². The highest BCUT2D eigenvalue weighted by Crippen LogP contribution is 2.37. The molecule has 10 heteroatoms. The maximum absolute atomic E-state index is 13.6. The van der Waals surface area contributed by atoms with Crippen molar-refractivity contribution < 1.29 is 30.8 Å². The Bertz CT molecular complexity index is 727. The van der Waals surface area contributed by atoms with Gasteiger partial charge in [0.25, 0.3) is 9.05 Å². The number of carbonyl (C=O) groups is 1. The van der Waals surface area contributed by atoms with Crippen molar-refractivity contribution in [1.82, 2.24) is 4.90 Å². The molecule has 1 aromatic rings. The van der Waals surface area contributed by atoms with E-state index in [4.69, 9.17) is 10.7 Å². The molecule has 2 rings (SSSR count). The lowest BCUT2D eigenvalue weighted by molar-refractivity contribution is -0.189. The maximum Gasteiger partial charge on any atom is 0.471 e. The van der Waals surface area contributed by atoms with Crippen LogP contribution in [-0.2, 0) is 13.8 Å². The van der Waals surface area contributed by atoms with E-state index < -0.39 is 32.9 Å². The minimum absolute atomic E-state index is 0.00849. The molecular weight excluding hydrogens is 350 g/mol. The number of rotatable bonds is 2. The van der Waals surface area contributed by atoms with E-state index in [9.17, 15) is 30.8 Å². The summed E-state index contributed by atoms with van der Waals surface area (Å²) in [7, 11) is 1.09. The van der Waals surface area contributed by atoms with Crippen molar-refractivity contribution in [2.24, 2.45) is 0 Å². The van der Waals surface area contributed by atoms with Gasteiger partial charge in [-0.3, -0.25) is 4.79 Å². The minimum atomic E-state index is -5.00.